The first-order valence-electron chi connectivity index (χ1n) is 6.83. The predicted octanol–water partition coefficient (Wildman–Crippen LogP) is 2.66. The normalized spacial score (nSPS) is 21.6. The van der Waals surface area contributed by atoms with Gasteiger partial charge in [0.1, 0.15) is 11.4 Å². The molecule has 2 rings (SSSR count). The Morgan fingerprint density at radius 2 is 2.05 bits per heavy atom. The van der Waals surface area contributed by atoms with Crippen molar-refractivity contribution in [1.82, 2.24) is 0 Å². The molecule has 0 spiro atoms. The highest BCUT2D eigenvalue weighted by atomic mass is 16.6. The van der Waals surface area contributed by atoms with Crippen LogP contribution < -0.4 is 10.1 Å². The van der Waals surface area contributed by atoms with Gasteiger partial charge in [0, 0.05) is 18.2 Å². The molecule has 0 radical (unpaired) electrons. The van der Waals surface area contributed by atoms with Gasteiger partial charge in [0.15, 0.2) is 0 Å². The number of aliphatic carboxylic acids is 1. The number of carboxylic acids is 1. The Kier molecular flexibility index (Phi) is 4.62. The van der Waals surface area contributed by atoms with Gasteiger partial charge in [0.2, 0.25) is 0 Å². The average Bonchev–Trinajstić information content (AvgIpc) is 2.47. The molecule has 1 aliphatic carbocycles. The number of carbonyl (C=O) groups is 1. The third-order valence-corrected chi connectivity index (χ3v) is 3.84. The molecule has 1 aromatic rings. The topological polar surface area (TPSA) is 102 Å². The maximum absolute atomic E-state index is 11.1. The SMILES string of the molecule is COc1ccc([N+](=O)[O-])c(NC2CCC(C(=O)O)CC2)c1. The van der Waals surface area contributed by atoms with E-state index in [0.717, 1.165) is 0 Å². The standard InChI is InChI=1S/C14H18N2O5/c1-21-11-6-7-13(16(19)20)12(8-11)15-10-4-2-9(3-5-10)14(17)18/h6-10,15H,2-5H2,1H3,(H,17,18). The number of nitro benzene ring substituents is 1. The molecule has 1 aromatic carbocycles. The van der Waals surface area contributed by atoms with E-state index in [1.165, 1.54) is 13.2 Å². The van der Waals surface area contributed by atoms with Crippen molar-refractivity contribution < 1.29 is 19.6 Å². The molecule has 0 unspecified atom stereocenters. The zero-order valence-electron chi connectivity index (χ0n) is 11.7. The highest BCUT2D eigenvalue weighted by molar-refractivity contribution is 5.70. The second kappa shape index (κ2) is 6.43. The summed E-state index contributed by atoms with van der Waals surface area (Å²) in [4.78, 5) is 21.5. The highest BCUT2D eigenvalue weighted by Gasteiger charge is 2.27. The van der Waals surface area contributed by atoms with E-state index in [9.17, 15) is 14.9 Å². The number of rotatable bonds is 5. The van der Waals surface area contributed by atoms with E-state index in [2.05, 4.69) is 5.32 Å². The third-order valence-electron chi connectivity index (χ3n) is 3.84. The molecule has 2 N–H and O–H groups in total. The fourth-order valence-electron chi connectivity index (χ4n) is 2.62. The van der Waals surface area contributed by atoms with Gasteiger partial charge in [-0.25, -0.2) is 0 Å². The van der Waals surface area contributed by atoms with Crippen molar-refractivity contribution in [3.8, 4) is 5.75 Å². The monoisotopic (exact) mass is 294 g/mol. The number of nitrogens with one attached hydrogen (secondary N) is 1. The molecule has 0 bridgehead atoms. The molecule has 7 nitrogen and oxygen atoms in total. The van der Waals surface area contributed by atoms with Crippen LogP contribution in [0.1, 0.15) is 25.7 Å². The molecule has 0 aromatic heterocycles. The van der Waals surface area contributed by atoms with Crippen LogP contribution in [0.3, 0.4) is 0 Å². The number of nitrogens with zero attached hydrogens (tertiary/aromatic N) is 1. The lowest BCUT2D eigenvalue weighted by Crippen LogP contribution is -2.29. The number of hydrogen-bond donors (Lipinski definition) is 2. The Morgan fingerprint density at radius 1 is 1.38 bits per heavy atom. The third kappa shape index (κ3) is 3.62. The maximum atomic E-state index is 11.1. The van der Waals surface area contributed by atoms with Gasteiger partial charge < -0.3 is 15.2 Å². The van der Waals surface area contributed by atoms with E-state index in [-0.39, 0.29) is 17.6 Å². The Morgan fingerprint density at radius 3 is 2.57 bits per heavy atom. The molecule has 0 aliphatic heterocycles. The van der Waals surface area contributed by atoms with Gasteiger partial charge in [-0.2, -0.15) is 0 Å². The van der Waals surface area contributed by atoms with Gasteiger partial charge in [-0.15, -0.1) is 0 Å². The Balaban J connectivity index is 2.09. The molecular formula is C14H18N2O5. The molecule has 0 amide bonds. The lowest BCUT2D eigenvalue weighted by atomic mass is 9.86. The molecule has 7 heteroatoms. The van der Waals surface area contributed by atoms with E-state index in [1.807, 2.05) is 0 Å². The lowest BCUT2D eigenvalue weighted by molar-refractivity contribution is -0.384. The van der Waals surface area contributed by atoms with Gasteiger partial charge in [-0.05, 0) is 31.7 Å². The van der Waals surface area contributed by atoms with Crippen molar-refractivity contribution >= 4 is 17.3 Å². The van der Waals surface area contributed by atoms with Crippen LogP contribution in [-0.2, 0) is 4.79 Å². The largest absolute Gasteiger partial charge is 0.497 e. The Hall–Kier alpha value is -2.31. The van der Waals surface area contributed by atoms with Gasteiger partial charge in [-0.1, -0.05) is 0 Å². The van der Waals surface area contributed by atoms with Crippen LogP contribution in [0.2, 0.25) is 0 Å². The van der Waals surface area contributed by atoms with Crippen molar-refractivity contribution in [3.63, 3.8) is 0 Å². The van der Waals surface area contributed by atoms with E-state index < -0.39 is 10.9 Å². The van der Waals surface area contributed by atoms with E-state index >= 15 is 0 Å². The van der Waals surface area contributed by atoms with Crippen LogP contribution in [0.5, 0.6) is 5.75 Å². The van der Waals surface area contributed by atoms with Gasteiger partial charge in [0.25, 0.3) is 5.69 Å². The molecule has 21 heavy (non-hydrogen) atoms. The van der Waals surface area contributed by atoms with Crippen LogP contribution in [-0.4, -0.2) is 29.2 Å². The number of nitro groups is 1. The molecule has 1 aliphatic rings. The molecule has 0 saturated heterocycles. The molecule has 0 atom stereocenters. The summed E-state index contributed by atoms with van der Waals surface area (Å²) in [6.45, 7) is 0. The summed E-state index contributed by atoms with van der Waals surface area (Å²) in [5.41, 5.74) is 0.411. The lowest BCUT2D eigenvalue weighted by Gasteiger charge is -2.27. The highest BCUT2D eigenvalue weighted by Crippen LogP contribution is 2.32. The van der Waals surface area contributed by atoms with E-state index in [4.69, 9.17) is 9.84 Å². The van der Waals surface area contributed by atoms with Crippen molar-refractivity contribution in [3.05, 3.63) is 28.3 Å². The zero-order valence-corrected chi connectivity index (χ0v) is 11.7. The second-order valence-corrected chi connectivity index (χ2v) is 5.17. The molecule has 1 saturated carbocycles. The minimum atomic E-state index is -0.763. The number of ether oxygens (including phenoxy) is 1. The first-order valence-corrected chi connectivity index (χ1v) is 6.83. The second-order valence-electron chi connectivity index (χ2n) is 5.17. The minimum Gasteiger partial charge on any atom is -0.497 e. The molecule has 114 valence electrons. The van der Waals surface area contributed by atoms with Crippen molar-refractivity contribution in [2.24, 2.45) is 5.92 Å². The number of carboxylic acid groups (broad SMARTS) is 1. The van der Waals surface area contributed by atoms with Gasteiger partial charge in [-0.3, -0.25) is 14.9 Å². The number of methoxy groups -OCH3 is 1. The predicted molar refractivity (Wildman–Crippen MR) is 76.7 cm³/mol. The number of benzene rings is 1. The average molecular weight is 294 g/mol. The minimum absolute atomic E-state index is 0.00356. The maximum Gasteiger partial charge on any atom is 0.306 e. The fourth-order valence-corrected chi connectivity index (χ4v) is 2.62. The summed E-state index contributed by atoms with van der Waals surface area (Å²) >= 11 is 0. The van der Waals surface area contributed by atoms with E-state index in [1.54, 1.807) is 12.1 Å². The number of hydrogen-bond acceptors (Lipinski definition) is 5. The first-order chi connectivity index (χ1) is 10.0. The summed E-state index contributed by atoms with van der Waals surface area (Å²) in [5, 5.41) is 23.2. The summed E-state index contributed by atoms with van der Waals surface area (Å²) in [6.07, 6.45) is 2.55. The summed E-state index contributed by atoms with van der Waals surface area (Å²) in [7, 11) is 1.50. The molecule has 0 heterocycles. The smallest absolute Gasteiger partial charge is 0.306 e. The van der Waals surface area contributed by atoms with Crippen molar-refractivity contribution in [2.45, 2.75) is 31.7 Å². The number of anilines is 1. The summed E-state index contributed by atoms with van der Waals surface area (Å²) < 4.78 is 5.09. The van der Waals surface area contributed by atoms with Crippen LogP contribution in [0.25, 0.3) is 0 Å². The van der Waals surface area contributed by atoms with Crippen LogP contribution in [0, 0.1) is 16.0 Å². The Labute approximate surface area is 122 Å². The molecular weight excluding hydrogens is 276 g/mol. The summed E-state index contributed by atoms with van der Waals surface area (Å²) in [5.74, 6) is -0.522. The van der Waals surface area contributed by atoms with Gasteiger partial charge in [0.05, 0.1) is 18.0 Å². The fraction of sp³-hybridized carbons (Fsp3) is 0.500. The van der Waals surface area contributed by atoms with Crippen molar-refractivity contribution in [1.29, 1.82) is 0 Å². The Bertz CT molecular complexity index is 538. The zero-order chi connectivity index (χ0) is 15.4. The quantitative estimate of drug-likeness (QED) is 0.639. The van der Waals surface area contributed by atoms with Gasteiger partial charge >= 0.3 is 5.97 Å². The van der Waals surface area contributed by atoms with E-state index in [0.29, 0.717) is 37.1 Å². The van der Waals surface area contributed by atoms with Crippen LogP contribution >= 0.6 is 0 Å². The summed E-state index contributed by atoms with van der Waals surface area (Å²) in [6, 6.07) is 4.60. The van der Waals surface area contributed by atoms with Crippen molar-refractivity contribution in [2.75, 3.05) is 12.4 Å². The molecule has 1 fully saturated rings. The first kappa shape index (κ1) is 15.1. The van der Waals surface area contributed by atoms with Crippen LogP contribution in [0.15, 0.2) is 18.2 Å². The van der Waals surface area contributed by atoms with Crippen LogP contribution in [0.4, 0.5) is 11.4 Å².